The molecule has 0 amide bonds. The summed E-state index contributed by atoms with van der Waals surface area (Å²) in [6.45, 7) is 0. The summed E-state index contributed by atoms with van der Waals surface area (Å²) < 4.78 is 22.5. The molecule has 0 bridgehead atoms. The van der Waals surface area contributed by atoms with Crippen molar-refractivity contribution in [3.05, 3.63) is 42.0 Å². The van der Waals surface area contributed by atoms with E-state index in [9.17, 15) is 13.2 Å². The second-order valence-electron chi connectivity index (χ2n) is 3.05. The number of hydrogen-bond donors (Lipinski definition) is 1. The van der Waals surface area contributed by atoms with Crippen molar-refractivity contribution in [2.75, 3.05) is 0 Å². The number of sulfonamides is 1. The Hall–Kier alpha value is -1.42. The quantitative estimate of drug-likeness (QED) is 0.770. The van der Waals surface area contributed by atoms with Gasteiger partial charge in [-0.25, -0.2) is 18.4 Å². The minimum atomic E-state index is -3.70. The molecule has 0 aliphatic rings. The van der Waals surface area contributed by atoms with Crippen molar-refractivity contribution in [3.63, 3.8) is 0 Å². The van der Waals surface area contributed by atoms with E-state index in [1.54, 1.807) is 36.3 Å². The SMILES string of the molecule is NS(=O)(=O)C(CC=C=O)c1ccccc1. The fraction of sp³-hybridized carbons (Fsp3) is 0.200. The normalized spacial score (nSPS) is 12.9. The molecule has 1 aromatic rings. The molecule has 5 heteroatoms. The van der Waals surface area contributed by atoms with E-state index >= 15 is 0 Å². The summed E-state index contributed by atoms with van der Waals surface area (Å²) in [7, 11) is -3.70. The Morgan fingerprint density at radius 3 is 2.40 bits per heavy atom. The lowest BCUT2D eigenvalue weighted by molar-refractivity contribution is 0.567. The van der Waals surface area contributed by atoms with Crippen LogP contribution in [0.2, 0.25) is 0 Å². The second kappa shape index (κ2) is 4.89. The summed E-state index contributed by atoms with van der Waals surface area (Å²) in [6.07, 6.45) is 1.18. The van der Waals surface area contributed by atoms with Gasteiger partial charge in [-0.15, -0.1) is 0 Å². The van der Waals surface area contributed by atoms with Gasteiger partial charge in [0.15, 0.2) is 0 Å². The number of hydrogen-bond acceptors (Lipinski definition) is 3. The molecular weight excluding hydrogens is 214 g/mol. The van der Waals surface area contributed by atoms with E-state index in [1.165, 1.54) is 0 Å². The predicted octanol–water partition coefficient (Wildman–Crippen LogP) is 0.794. The molecule has 0 saturated heterocycles. The Morgan fingerprint density at radius 2 is 1.93 bits per heavy atom. The Bertz CT molecular complexity index is 461. The highest BCUT2D eigenvalue weighted by atomic mass is 32.2. The van der Waals surface area contributed by atoms with E-state index in [2.05, 4.69) is 0 Å². The van der Waals surface area contributed by atoms with Gasteiger partial charge < -0.3 is 0 Å². The predicted molar refractivity (Wildman–Crippen MR) is 57.2 cm³/mol. The summed E-state index contributed by atoms with van der Waals surface area (Å²) in [5.74, 6) is 1.55. The van der Waals surface area contributed by atoms with Gasteiger partial charge in [0, 0.05) is 6.08 Å². The van der Waals surface area contributed by atoms with Crippen LogP contribution in [0.1, 0.15) is 17.2 Å². The van der Waals surface area contributed by atoms with Crippen LogP contribution >= 0.6 is 0 Å². The molecule has 1 rings (SSSR count). The molecule has 1 unspecified atom stereocenters. The molecule has 0 aromatic heterocycles. The molecule has 2 N–H and O–H groups in total. The van der Waals surface area contributed by atoms with Crippen LogP contribution in [-0.2, 0) is 14.8 Å². The smallest absolute Gasteiger partial charge is 0.216 e. The zero-order valence-corrected chi connectivity index (χ0v) is 8.78. The van der Waals surface area contributed by atoms with E-state index in [0.29, 0.717) is 5.56 Å². The fourth-order valence-electron chi connectivity index (χ4n) is 1.28. The molecule has 0 fully saturated rings. The molecule has 1 aromatic carbocycles. The van der Waals surface area contributed by atoms with Gasteiger partial charge in [-0.3, -0.25) is 0 Å². The lowest BCUT2D eigenvalue weighted by Crippen LogP contribution is -2.21. The fourth-order valence-corrected chi connectivity index (χ4v) is 2.18. The summed E-state index contributed by atoms with van der Waals surface area (Å²) in [4.78, 5) is 10.1. The van der Waals surface area contributed by atoms with Crippen LogP contribution in [0, 0.1) is 0 Å². The van der Waals surface area contributed by atoms with Gasteiger partial charge in [-0.2, -0.15) is 0 Å². The first kappa shape index (κ1) is 11.7. The van der Waals surface area contributed by atoms with Gasteiger partial charge >= 0.3 is 0 Å². The zero-order chi connectivity index (χ0) is 11.3. The van der Waals surface area contributed by atoms with Crippen molar-refractivity contribution >= 4 is 16.0 Å². The summed E-state index contributed by atoms with van der Waals surface area (Å²) in [6, 6.07) is 8.54. The van der Waals surface area contributed by atoms with Gasteiger partial charge in [-0.1, -0.05) is 30.3 Å². The highest BCUT2D eigenvalue weighted by Crippen LogP contribution is 2.23. The molecule has 0 aliphatic carbocycles. The highest BCUT2D eigenvalue weighted by Gasteiger charge is 2.21. The first-order chi connectivity index (χ1) is 7.05. The minimum Gasteiger partial charge on any atom is -0.234 e. The van der Waals surface area contributed by atoms with E-state index in [4.69, 9.17) is 5.14 Å². The largest absolute Gasteiger partial charge is 0.234 e. The number of allylic oxidation sites excluding steroid dienone is 1. The first-order valence-corrected chi connectivity index (χ1v) is 5.92. The van der Waals surface area contributed by atoms with Crippen molar-refractivity contribution < 1.29 is 13.2 Å². The van der Waals surface area contributed by atoms with Crippen LogP contribution in [-0.4, -0.2) is 14.4 Å². The molecule has 0 radical (unpaired) electrons. The lowest BCUT2D eigenvalue weighted by Gasteiger charge is -2.11. The first-order valence-electron chi connectivity index (χ1n) is 4.31. The molecular formula is C10H11NO3S. The van der Waals surface area contributed by atoms with E-state index in [0.717, 1.165) is 6.08 Å². The van der Waals surface area contributed by atoms with Crippen LogP contribution in [0.4, 0.5) is 0 Å². The number of carbonyl (C=O) groups excluding carboxylic acids is 1. The summed E-state index contributed by atoms with van der Waals surface area (Å²) >= 11 is 0. The second-order valence-corrected chi connectivity index (χ2v) is 4.79. The lowest BCUT2D eigenvalue weighted by atomic mass is 10.1. The highest BCUT2D eigenvalue weighted by molar-refractivity contribution is 7.89. The summed E-state index contributed by atoms with van der Waals surface area (Å²) in [5, 5.41) is 4.20. The molecule has 1 atom stereocenters. The third-order valence-corrected chi connectivity index (χ3v) is 3.24. The van der Waals surface area contributed by atoms with Crippen molar-refractivity contribution in [1.29, 1.82) is 0 Å². The molecule has 80 valence electrons. The third-order valence-electron chi connectivity index (χ3n) is 1.98. The molecule has 4 nitrogen and oxygen atoms in total. The van der Waals surface area contributed by atoms with Crippen LogP contribution in [0.5, 0.6) is 0 Å². The van der Waals surface area contributed by atoms with Crippen LogP contribution in [0.3, 0.4) is 0 Å². The van der Waals surface area contributed by atoms with Crippen molar-refractivity contribution in [3.8, 4) is 0 Å². The molecule has 0 heterocycles. The van der Waals surface area contributed by atoms with Gasteiger partial charge in [0.05, 0.1) is 0 Å². The van der Waals surface area contributed by atoms with Gasteiger partial charge in [-0.05, 0) is 12.0 Å². The monoisotopic (exact) mass is 225 g/mol. The summed E-state index contributed by atoms with van der Waals surface area (Å²) in [5.41, 5.74) is 0.575. The Morgan fingerprint density at radius 1 is 1.33 bits per heavy atom. The number of benzene rings is 1. The molecule has 0 saturated carbocycles. The average molecular weight is 225 g/mol. The number of rotatable bonds is 4. The van der Waals surface area contributed by atoms with Gasteiger partial charge in [0.2, 0.25) is 10.0 Å². The van der Waals surface area contributed by atoms with Gasteiger partial charge in [0.25, 0.3) is 0 Å². The average Bonchev–Trinajstić information content (AvgIpc) is 2.18. The zero-order valence-electron chi connectivity index (χ0n) is 7.96. The maximum absolute atomic E-state index is 11.3. The van der Waals surface area contributed by atoms with Crippen LogP contribution in [0.25, 0.3) is 0 Å². The van der Waals surface area contributed by atoms with Gasteiger partial charge in [0.1, 0.15) is 11.2 Å². The number of primary sulfonamides is 1. The van der Waals surface area contributed by atoms with Crippen molar-refractivity contribution in [2.45, 2.75) is 11.7 Å². The van der Waals surface area contributed by atoms with E-state index in [1.807, 2.05) is 0 Å². The Balaban J connectivity index is 3.08. The molecule has 0 spiro atoms. The standard InChI is InChI=1S/C10H11NO3S/c11-15(13,14)10(7-4-8-12)9-5-2-1-3-6-9/h1-6,10H,7H2,(H2,11,13,14). The van der Waals surface area contributed by atoms with Crippen LogP contribution in [0.15, 0.2) is 36.4 Å². The van der Waals surface area contributed by atoms with E-state index < -0.39 is 15.3 Å². The maximum Gasteiger partial charge on any atom is 0.216 e. The molecule has 15 heavy (non-hydrogen) atoms. The maximum atomic E-state index is 11.3. The third kappa shape index (κ3) is 3.32. The number of nitrogens with two attached hydrogens (primary N) is 1. The Labute approximate surface area is 88.5 Å². The molecule has 0 aliphatic heterocycles. The van der Waals surface area contributed by atoms with Crippen LogP contribution < -0.4 is 5.14 Å². The van der Waals surface area contributed by atoms with Crippen molar-refractivity contribution in [1.82, 2.24) is 0 Å². The van der Waals surface area contributed by atoms with Crippen molar-refractivity contribution in [2.24, 2.45) is 5.14 Å². The topological polar surface area (TPSA) is 77.2 Å². The van der Waals surface area contributed by atoms with E-state index in [-0.39, 0.29) is 6.42 Å². The Kier molecular flexibility index (Phi) is 3.80. The minimum absolute atomic E-state index is 0.0480.